The third-order valence-electron chi connectivity index (χ3n) is 1.33. The second-order valence-corrected chi connectivity index (χ2v) is 2.62. The van der Waals surface area contributed by atoms with Gasteiger partial charge in [0, 0.05) is 5.57 Å². The summed E-state index contributed by atoms with van der Waals surface area (Å²) >= 11 is 0. The third kappa shape index (κ3) is 5.64. The van der Waals surface area contributed by atoms with Gasteiger partial charge >= 0.3 is 5.97 Å². The van der Waals surface area contributed by atoms with Crippen molar-refractivity contribution in [1.82, 2.24) is 0 Å². The summed E-state index contributed by atoms with van der Waals surface area (Å²) in [7, 11) is 0. The van der Waals surface area contributed by atoms with Crippen LogP contribution in [0.3, 0.4) is 0 Å². The summed E-state index contributed by atoms with van der Waals surface area (Å²) in [5.74, 6) is -0.277. The minimum atomic E-state index is -0.277. The van der Waals surface area contributed by atoms with Gasteiger partial charge in [-0.25, -0.2) is 4.79 Å². The van der Waals surface area contributed by atoms with Gasteiger partial charge < -0.3 is 4.74 Å². The highest BCUT2D eigenvalue weighted by atomic mass is 16.5. The van der Waals surface area contributed by atoms with Crippen LogP contribution in [0.1, 0.15) is 33.1 Å². The number of ether oxygens (including phenoxy) is 1. The van der Waals surface area contributed by atoms with E-state index in [1.165, 1.54) is 0 Å². The number of hydrogen-bond acceptors (Lipinski definition) is 2. The number of carbonyl (C=O) groups excluding carboxylic acids is 1. The molecule has 0 aromatic heterocycles. The highest BCUT2D eigenvalue weighted by Gasteiger charge is 2.00. The molecule has 0 aromatic rings. The van der Waals surface area contributed by atoms with Crippen molar-refractivity contribution in [2.24, 2.45) is 0 Å². The van der Waals surface area contributed by atoms with Crippen molar-refractivity contribution >= 4 is 5.97 Å². The highest BCUT2D eigenvalue weighted by Crippen LogP contribution is 1.97. The van der Waals surface area contributed by atoms with Crippen LogP contribution in [0.5, 0.6) is 0 Å². The molecular formula is C9H16O2. The summed E-state index contributed by atoms with van der Waals surface area (Å²) in [5, 5.41) is 0. The third-order valence-corrected chi connectivity index (χ3v) is 1.33. The van der Waals surface area contributed by atoms with Crippen molar-refractivity contribution in [2.45, 2.75) is 33.1 Å². The Hall–Kier alpha value is -0.790. The van der Waals surface area contributed by atoms with Crippen LogP contribution in [0.15, 0.2) is 12.2 Å². The Kier molecular flexibility index (Phi) is 5.53. The number of hydrogen-bond donors (Lipinski definition) is 0. The van der Waals surface area contributed by atoms with Gasteiger partial charge in [0.05, 0.1) is 6.61 Å². The molecule has 0 saturated carbocycles. The zero-order valence-corrected chi connectivity index (χ0v) is 7.35. The van der Waals surface area contributed by atoms with Crippen LogP contribution in [0, 0.1) is 0 Å². The Morgan fingerprint density at radius 3 is 2.55 bits per heavy atom. The zero-order valence-electron chi connectivity index (χ0n) is 7.35. The molecule has 0 heterocycles. The lowest BCUT2D eigenvalue weighted by Gasteiger charge is -2.02. The Morgan fingerprint density at radius 1 is 1.45 bits per heavy atom. The fourth-order valence-electron chi connectivity index (χ4n) is 0.640. The molecule has 0 bridgehead atoms. The summed E-state index contributed by atoms with van der Waals surface area (Å²) < 4.78 is 4.87. The van der Waals surface area contributed by atoms with E-state index in [0.29, 0.717) is 12.2 Å². The van der Waals surface area contributed by atoms with E-state index < -0.39 is 0 Å². The van der Waals surface area contributed by atoms with Crippen molar-refractivity contribution < 1.29 is 9.53 Å². The Balaban J connectivity index is 3.25. The first-order valence-electron chi connectivity index (χ1n) is 4.01. The lowest BCUT2D eigenvalue weighted by atomic mass is 10.3. The summed E-state index contributed by atoms with van der Waals surface area (Å²) in [6, 6.07) is 0. The van der Waals surface area contributed by atoms with Crippen LogP contribution >= 0.6 is 0 Å². The molecule has 0 fully saturated rings. The quantitative estimate of drug-likeness (QED) is 0.347. The van der Waals surface area contributed by atoms with E-state index in [4.69, 9.17) is 4.74 Å². The van der Waals surface area contributed by atoms with Crippen LogP contribution in [-0.2, 0) is 9.53 Å². The Labute approximate surface area is 68.2 Å². The molecule has 0 saturated heterocycles. The summed E-state index contributed by atoms with van der Waals surface area (Å²) in [6.07, 6.45) is 3.21. The van der Waals surface area contributed by atoms with E-state index in [9.17, 15) is 4.79 Å². The van der Waals surface area contributed by atoms with Crippen LogP contribution < -0.4 is 0 Å². The van der Waals surface area contributed by atoms with E-state index in [1.807, 2.05) is 0 Å². The molecule has 0 aromatic carbocycles. The SMILES string of the molecule is C=C(C)C(=O)OCCCCC. The van der Waals surface area contributed by atoms with Gasteiger partial charge in [-0.1, -0.05) is 26.3 Å². The summed E-state index contributed by atoms with van der Waals surface area (Å²) in [4.78, 5) is 10.8. The van der Waals surface area contributed by atoms with Gasteiger partial charge in [0.1, 0.15) is 0 Å². The zero-order chi connectivity index (χ0) is 8.69. The van der Waals surface area contributed by atoms with Gasteiger partial charge in [0.2, 0.25) is 0 Å². The van der Waals surface area contributed by atoms with Crippen molar-refractivity contribution in [2.75, 3.05) is 6.61 Å². The van der Waals surface area contributed by atoms with Crippen molar-refractivity contribution in [1.29, 1.82) is 0 Å². The molecule has 0 rings (SSSR count). The van der Waals surface area contributed by atoms with E-state index in [2.05, 4.69) is 13.5 Å². The van der Waals surface area contributed by atoms with Gasteiger partial charge in [-0.15, -0.1) is 0 Å². The predicted molar refractivity (Wildman–Crippen MR) is 45.3 cm³/mol. The molecule has 0 radical (unpaired) electrons. The lowest BCUT2D eigenvalue weighted by molar-refractivity contribution is -0.139. The number of rotatable bonds is 5. The van der Waals surface area contributed by atoms with E-state index in [-0.39, 0.29) is 5.97 Å². The lowest BCUT2D eigenvalue weighted by Crippen LogP contribution is -2.05. The second-order valence-electron chi connectivity index (χ2n) is 2.62. The van der Waals surface area contributed by atoms with E-state index in [0.717, 1.165) is 19.3 Å². The van der Waals surface area contributed by atoms with Gasteiger partial charge in [0.15, 0.2) is 0 Å². The fourth-order valence-corrected chi connectivity index (χ4v) is 0.640. The molecule has 0 aliphatic carbocycles. The molecule has 2 heteroatoms. The first-order valence-corrected chi connectivity index (χ1v) is 4.01. The Morgan fingerprint density at radius 2 is 2.09 bits per heavy atom. The van der Waals surface area contributed by atoms with E-state index >= 15 is 0 Å². The molecule has 0 amide bonds. The molecule has 0 spiro atoms. The second kappa shape index (κ2) is 5.96. The number of unbranched alkanes of at least 4 members (excludes halogenated alkanes) is 2. The predicted octanol–water partition coefficient (Wildman–Crippen LogP) is 2.30. The van der Waals surface area contributed by atoms with Crippen LogP contribution in [0.2, 0.25) is 0 Å². The minimum absolute atomic E-state index is 0.277. The molecule has 64 valence electrons. The Bertz CT molecular complexity index is 138. The first-order chi connectivity index (χ1) is 5.18. The molecular weight excluding hydrogens is 140 g/mol. The van der Waals surface area contributed by atoms with Crippen LogP contribution in [0.4, 0.5) is 0 Å². The van der Waals surface area contributed by atoms with Gasteiger partial charge in [0.25, 0.3) is 0 Å². The summed E-state index contributed by atoms with van der Waals surface area (Å²) in [5.41, 5.74) is 0.474. The average molecular weight is 156 g/mol. The molecule has 0 atom stereocenters. The molecule has 0 aliphatic heterocycles. The number of carbonyl (C=O) groups is 1. The van der Waals surface area contributed by atoms with Crippen molar-refractivity contribution in [3.8, 4) is 0 Å². The van der Waals surface area contributed by atoms with Crippen molar-refractivity contribution in [3.05, 3.63) is 12.2 Å². The molecule has 0 N–H and O–H groups in total. The largest absolute Gasteiger partial charge is 0.462 e. The standard InChI is InChI=1S/C9H16O2/c1-4-5-6-7-11-9(10)8(2)3/h2,4-7H2,1,3H3. The smallest absolute Gasteiger partial charge is 0.333 e. The highest BCUT2D eigenvalue weighted by molar-refractivity contribution is 5.86. The van der Waals surface area contributed by atoms with Crippen molar-refractivity contribution in [3.63, 3.8) is 0 Å². The van der Waals surface area contributed by atoms with Crippen LogP contribution in [-0.4, -0.2) is 12.6 Å². The molecule has 11 heavy (non-hydrogen) atoms. The first kappa shape index (κ1) is 10.2. The molecule has 0 unspecified atom stereocenters. The maximum atomic E-state index is 10.8. The maximum Gasteiger partial charge on any atom is 0.333 e. The van der Waals surface area contributed by atoms with E-state index in [1.54, 1.807) is 6.92 Å². The number of esters is 1. The van der Waals surface area contributed by atoms with Crippen LogP contribution in [0.25, 0.3) is 0 Å². The van der Waals surface area contributed by atoms with Gasteiger partial charge in [-0.05, 0) is 13.3 Å². The average Bonchev–Trinajstić information content (AvgIpc) is 1.97. The minimum Gasteiger partial charge on any atom is -0.462 e. The molecule has 2 nitrogen and oxygen atoms in total. The van der Waals surface area contributed by atoms with Gasteiger partial charge in [-0.2, -0.15) is 0 Å². The molecule has 0 aliphatic rings. The van der Waals surface area contributed by atoms with Gasteiger partial charge in [-0.3, -0.25) is 0 Å². The summed E-state index contributed by atoms with van der Waals surface area (Å²) in [6.45, 7) is 7.77. The fraction of sp³-hybridized carbons (Fsp3) is 0.667. The maximum absolute atomic E-state index is 10.8. The monoisotopic (exact) mass is 156 g/mol. The normalized spacial score (nSPS) is 9.27. The topological polar surface area (TPSA) is 26.3 Å².